The van der Waals surface area contributed by atoms with Crippen LogP contribution in [0.5, 0.6) is 0 Å². The van der Waals surface area contributed by atoms with Crippen LogP contribution in [-0.4, -0.2) is 67.6 Å². The van der Waals surface area contributed by atoms with E-state index in [4.69, 9.17) is 4.74 Å². The minimum atomic E-state index is -0.568. The van der Waals surface area contributed by atoms with Crippen LogP contribution in [0, 0.1) is 5.82 Å². The number of ether oxygens (including phenoxy) is 1. The van der Waals surface area contributed by atoms with Crippen molar-refractivity contribution in [1.29, 1.82) is 0 Å². The molecule has 2 aliphatic heterocycles. The molecule has 1 aromatic carbocycles. The van der Waals surface area contributed by atoms with Crippen molar-refractivity contribution in [2.24, 2.45) is 5.10 Å². The summed E-state index contributed by atoms with van der Waals surface area (Å²) in [4.78, 5) is 30.9. The molecule has 4 rings (SSSR count). The zero-order chi connectivity index (χ0) is 22.0. The Labute approximate surface area is 179 Å². The Morgan fingerprint density at radius 1 is 1.29 bits per heavy atom. The summed E-state index contributed by atoms with van der Waals surface area (Å²) in [5, 5.41) is 8.72. The predicted octanol–water partition coefficient (Wildman–Crippen LogP) is 2.04. The summed E-state index contributed by atoms with van der Waals surface area (Å²) in [5.74, 6) is 0.0156. The number of anilines is 2. The number of hydrogen-bond donors (Lipinski definition) is 1. The second-order valence-corrected chi connectivity index (χ2v) is 7.46. The van der Waals surface area contributed by atoms with Gasteiger partial charge in [-0.25, -0.2) is 19.2 Å². The average Bonchev–Trinajstić information content (AvgIpc) is 3.13. The molecule has 0 radical (unpaired) electrons. The van der Waals surface area contributed by atoms with Crippen LogP contribution < -0.4 is 15.2 Å². The maximum absolute atomic E-state index is 14.9. The van der Waals surface area contributed by atoms with Crippen molar-refractivity contribution in [2.45, 2.75) is 13.0 Å². The van der Waals surface area contributed by atoms with Gasteiger partial charge in [-0.2, -0.15) is 5.10 Å². The molecule has 162 valence electrons. The highest BCUT2D eigenvalue weighted by Crippen LogP contribution is 2.29. The highest BCUT2D eigenvalue weighted by molar-refractivity contribution is 5.90. The zero-order valence-corrected chi connectivity index (χ0v) is 17.3. The molecule has 0 unspecified atom stereocenters. The van der Waals surface area contributed by atoms with Crippen molar-refractivity contribution in [2.75, 3.05) is 43.1 Å². The van der Waals surface area contributed by atoms with E-state index < -0.39 is 18.0 Å². The number of rotatable bonds is 5. The smallest absolute Gasteiger partial charge is 0.414 e. The largest absolute Gasteiger partial charge is 0.442 e. The molecule has 2 aliphatic rings. The SMILES string of the molecule is CC(=O)NC[C@H]1CN(c2ccc(-c3ccc(N4CCN(C)C=N4)nc3)c(F)c2)C(=O)O1. The first-order valence-corrected chi connectivity index (χ1v) is 9.91. The Balaban J connectivity index is 1.47. The van der Waals surface area contributed by atoms with Gasteiger partial charge in [-0.3, -0.25) is 9.69 Å². The highest BCUT2D eigenvalue weighted by Gasteiger charge is 2.32. The third kappa shape index (κ3) is 4.57. The van der Waals surface area contributed by atoms with E-state index in [9.17, 15) is 14.0 Å². The number of nitrogens with zero attached hydrogens (tertiary/aromatic N) is 5. The van der Waals surface area contributed by atoms with Crippen molar-refractivity contribution in [1.82, 2.24) is 15.2 Å². The number of benzene rings is 1. The third-order valence-corrected chi connectivity index (χ3v) is 5.09. The molecule has 31 heavy (non-hydrogen) atoms. The Morgan fingerprint density at radius 2 is 2.13 bits per heavy atom. The standard InChI is InChI=1S/C21H23FN6O3/c1-14(29)23-11-17-12-27(21(30)31-17)16-4-5-18(19(22)9-16)15-3-6-20(24-10-15)28-8-7-26(2)13-25-28/h3-6,9-10,13,17H,7-8,11-12H2,1-2H3,(H,23,29)/t17-/m0/s1. The Morgan fingerprint density at radius 3 is 2.77 bits per heavy atom. The summed E-state index contributed by atoms with van der Waals surface area (Å²) in [6.07, 6.45) is 2.30. The van der Waals surface area contributed by atoms with E-state index in [0.29, 0.717) is 22.6 Å². The number of likely N-dealkylation sites (N-methyl/N-ethyl adjacent to an activating group) is 1. The molecule has 2 aromatic rings. The van der Waals surface area contributed by atoms with Crippen molar-refractivity contribution < 1.29 is 18.7 Å². The molecule has 10 heteroatoms. The number of carbonyl (C=O) groups is 2. The molecule has 0 spiro atoms. The van der Waals surface area contributed by atoms with Crippen LogP contribution in [0.2, 0.25) is 0 Å². The van der Waals surface area contributed by atoms with Gasteiger partial charge in [0.15, 0.2) is 0 Å². The lowest BCUT2D eigenvalue weighted by atomic mass is 10.1. The maximum Gasteiger partial charge on any atom is 0.414 e. The van der Waals surface area contributed by atoms with E-state index in [0.717, 1.165) is 13.1 Å². The van der Waals surface area contributed by atoms with Crippen LogP contribution >= 0.6 is 0 Å². The molecule has 0 saturated carbocycles. The second kappa shape index (κ2) is 8.58. The summed E-state index contributed by atoms with van der Waals surface area (Å²) >= 11 is 0. The van der Waals surface area contributed by atoms with Crippen LogP contribution in [0.4, 0.5) is 20.7 Å². The first-order valence-electron chi connectivity index (χ1n) is 9.91. The molecule has 1 N–H and O–H groups in total. The molecular formula is C21H23FN6O3. The number of nitrogens with one attached hydrogen (secondary N) is 1. The average molecular weight is 426 g/mol. The van der Waals surface area contributed by atoms with E-state index >= 15 is 0 Å². The lowest BCUT2D eigenvalue weighted by Crippen LogP contribution is -2.35. The van der Waals surface area contributed by atoms with E-state index in [2.05, 4.69) is 15.4 Å². The summed E-state index contributed by atoms with van der Waals surface area (Å²) in [6, 6.07) is 8.18. The molecular weight excluding hydrogens is 403 g/mol. The first kappa shape index (κ1) is 20.6. The monoisotopic (exact) mass is 426 g/mol. The number of amides is 2. The molecule has 9 nitrogen and oxygen atoms in total. The minimum absolute atomic E-state index is 0.205. The quantitative estimate of drug-likeness (QED) is 0.787. The van der Waals surface area contributed by atoms with Gasteiger partial charge in [0.25, 0.3) is 0 Å². The highest BCUT2D eigenvalue weighted by atomic mass is 19.1. The minimum Gasteiger partial charge on any atom is -0.442 e. The van der Waals surface area contributed by atoms with E-state index in [1.54, 1.807) is 41.8 Å². The lowest BCUT2D eigenvalue weighted by Gasteiger charge is -2.26. The first-order chi connectivity index (χ1) is 14.9. The van der Waals surface area contributed by atoms with Crippen LogP contribution in [0.25, 0.3) is 11.1 Å². The van der Waals surface area contributed by atoms with Crippen LogP contribution in [0.1, 0.15) is 6.92 Å². The maximum atomic E-state index is 14.9. The van der Waals surface area contributed by atoms with E-state index in [1.165, 1.54) is 17.9 Å². The van der Waals surface area contributed by atoms with Crippen LogP contribution in [-0.2, 0) is 9.53 Å². The molecule has 1 atom stereocenters. The molecule has 1 fully saturated rings. The van der Waals surface area contributed by atoms with Crippen LogP contribution in [0.3, 0.4) is 0 Å². The van der Waals surface area contributed by atoms with Crippen molar-refractivity contribution in [3.05, 3.63) is 42.3 Å². The van der Waals surface area contributed by atoms with E-state index in [1.807, 2.05) is 11.9 Å². The van der Waals surface area contributed by atoms with Gasteiger partial charge in [-0.05, 0) is 30.3 Å². The van der Waals surface area contributed by atoms with E-state index in [-0.39, 0.29) is 19.0 Å². The number of hydrogen-bond acceptors (Lipinski definition) is 7. The molecule has 2 amide bonds. The number of cyclic esters (lactones) is 1. The zero-order valence-electron chi connectivity index (χ0n) is 17.3. The molecule has 1 aromatic heterocycles. The summed E-state index contributed by atoms with van der Waals surface area (Å²) < 4.78 is 20.1. The Bertz CT molecular complexity index is 1010. The topological polar surface area (TPSA) is 90.4 Å². The molecule has 1 saturated heterocycles. The summed E-state index contributed by atoms with van der Waals surface area (Å²) in [6.45, 7) is 3.40. The number of carbonyl (C=O) groups excluding carboxylic acids is 2. The lowest BCUT2D eigenvalue weighted by molar-refractivity contribution is -0.119. The predicted molar refractivity (Wildman–Crippen MR) is 114 cm³/mol. The number of hydrazone groups is 1. The van der Waals surface area contributed by atoms with Gasteiger partial charge in [-0.1, -0.05) is 0 Å². The Hall–Kier alpha value is -3.69. The number of halogens is 1. The van der Waals surface area contributed by atoms with Gasteiger partial charge in [0, 0.05) is 37.8 Å². The summed E-state index contributed by atoms with van der Waals surface area (Å²) in [5.41, 5.74) is 1.40. The fourth-order valence-corrected chi connectivity index (χ4v) is 3.39. The van der Waals surface area contributed by atoms with Crippen molar-refractivity contribution in [3.8, 4) is 11.1 Å². The fraction of sp³-hybridized carbons (Fsp3) is 0.333. The second-order valence-electron chi connectivity index (χ2n) is 7.46. The number of pyridine rings is 1. The normalized spacial score (nSPS) is 18.4. The Kier molecular flexibility index (Phi) is 5.70. The van der Waals surface area contributed by atoms with Crippen molar-refractivity contribution >= 4 is 29.8 Å². The number of aromatic nitrogens is 1. The van der Waals surface area contributed by atoms with Gasteiger partial charge >= 0.3 is 6.09 Å². The van der Waals surface area contributed by atoms with Gasteiger partial charge in [0.05, 0.1) is 25.3 Å². The molecule has 3 heterocycles. The van der Waals surface area contributed by atoms with Crippen molar-refractivity contribution in [3.63, 3.8) is 0 Å². The van der Waals surface area contributed by atoms with Gasteiger partial charge in [0.1, 0.15) is 24.1 Å². The van der Waals surface area contributed by atoms with Gasteiger partial charge < -0.3 is 15.0 Å². The molecule has 0 bridgehead atoms. The van der Waals surface area contributed by atoms with Gasteiger partial charge in [-0.15, -0.1) is 0 Å². The van der Waals surface area contributed by atoms with Gasteiger partial charge in [0.2, 0.25) is 5.91 Å². The van der Waals surface area contributed by atoms with Crippen LogP contribution in [0.15, 0.2) is 41.6 Å². The summed E-state index contributed by atoms with van der Waals surface area (Å²) in [7, 11) is 1.95. The fourth-order valence-electron chi connectivity index (χ4n) is 3.39. The third-order valence-electron chi connectivity index (χ3n) is 5.09. The molecule has 0 aliphatic carbocycles.